The maximum atomic E-state index is 2.53. The molecule has 4 heteroatoms. The average Bonchev–Trinajstić information content (AvgIpc) is 4.05. The summed E-state index contributed by atoms with van der Waals surface area (Å²) in [7, 11) is 0. The Morgan fingerprint density at radius 2 is 0.707 bits per heavy atom. The van der Waals surface area contributed by atoms with Gasteiger partial charge in [-0.1, -0.05) is 97.1 Å². The van der Waals surface area contributed by atoms with Gasteiger partial charge in [0.25, 0.3) is 0 Å². The van der Waals surface area contributed by atoms with Crippen LogP contribution < -0.4 is 0 Å². The second-order valence-electron chi connectivity index (χ2n) is 15.6. The summed E-state index contributed by atoms with van der Waals surface area (Å²) < 4.78 is 10.8. The van der Waals surface area contributed by atoms with Gasteiger partial charge in [-0.15, -0.1) is 45.3 Å². The molecular weight excluding hydrogens is 777 g/mol. The average molecular weight is 809 g/mol. The van der Waals surface area contributed by atoms with Crippen LogP contribution in [0.2, 0.25) is 0 Å². The number of hydrogen-bond donors (Lipinski definition) is 0. The van der Waals surface area contributed by atoms with Crippen LogP contribution >= 0.6 is 45.3 Å². The Morgan fingerprint density at radius 3 is 1.24 bits per heavy atom. The Balaban J connectivity index is 0.949. The lowest BCUT2D eigenvalue weighted by Crippen LogP contribution is -2.04. The van der Waals surface area contributed by atoms with Crippen molar-refractivity contribution >= 4 is 137 Å². The molecule has 4 aromatic heterocycles. The zero-order chi connectivity index (χ0) is 37.9. The van der Waals surface area contributed by atoms with Crippen LogP contribution in [0.5, 0.6) is 0 Å². The number of thiophene rings is 4. The molecular formula is C54H32S4. The van der Waals surface area contributed by atoms with Crippen molar-refractivity contribution in [3.8, 4) is 11.1 Å². The van der Waals surface area contributed by atoms with E-state index in [1.807, 2.05) is 45.3 Å². The van der Waals surface area contributed by atoms with E-state index < -0.39 is 0 Å². The first kappa shape index (κ1) is 33.1. The summed E-state index contributed by atoms with van der Waals surface area (Å²) in [6, 6.07) is 62.0. The van der Waals surface area contributed by atoms with Crippen LogP contribution in [0.3, 0.4) is 0 Å². The Bertz CT molecular complexity index is 3730. The topological polar surface area (TPSA) is 0 Å². The fourth-order valence-corrected chi connectivity index (χ4v) is 13.7. The Hall–Kier alpha value is -5.88. The van der Waals surface area contributed by atoms with Crippen molar-refractivity contribution in [3.05, 3.63) is 193 Å². The summed E-state index contributed by atoms with van der Waals surface area (Å²) >= 11 is 7.56. The maximum absolute atomic E-state index is 2.53. The summed E-state index contributed by atoms with van der Waals surface area (Å²) in [4.78, 5) is 0. The van der Waals surface area contributed by atoms with Gasteiger partial charge in [0.1, 0.15) is 0 Å². The van der Waals surface area contributed by atoms with E-state index in [2.05, 4.69) is 176 Å². The molecule has 58 heavy (non-hydrogen) atoms. The van der Waals surface area contributed by atoms with E-state index in [-0.39, 0.29) is 5.92 Å². The van der Waals surface area contributed by atoms with Crippen molar-refractivity contribution in [1.82, 2.24) is 0 Å². The van der Waals surface area contributed by atoms with Crippen LogP contribution in [0.15, 0.2) is 176 Å². The lowest BCUT2D eigenvalue weighted by Gasteiger charge is -2.23. The molecule has 1 aliphatic carbocycles. The van der Waals surface area contributed by atoms with E-state index in [0.717, 1.165) is 6.42 Å². The third kappa shape index (κ3) is 5.23. The van der Waals surface area contributed by atoms with Gasteiger partial charge in [0, 0.05) is 86.6 Å². The molecule has 0 saturated heterocycles. The van der Waals surface area contributed by atoms with Gasteiger partial charge in [-0.3, -0.25) is 0 Å². The third-order valence-electron chi connectivity index (χ3n) is 12.2. The largest absolute Gasteiger partial charge is 0.135 e. The van der Waals surface area contributed by atoms with Gasteiger partial charge >= 0.3 is 0 Å². The molecule has 1 unspecified atom stereocenters. The monoisotopic (exact) mass is 808 g/mol. The number of hydrogen-bond acceptors (Lipinski definition) is 4. The molecule has 0 saturated carbocycles. The number of fused-ring (bicyclic) bond motifs is 12. The van der Waals surface area contributed by atoms with Crippen molar-refractivity contribution in [1.29, 1.82) is 0 Å². The van der Waals surface area contributed by atoms with Gasteiger partial charge < -0.3 is 0 Å². The Labute approximate surface area is 350 Å². The van der Waals surface area contributed by atoms with Crippen LogP contribution in [0, 0.1) is 0 Å². The van der Waals surface area contributed by atoms with E-state index in [0.29, 0.717) is 0 Å². The molecule has 8 aromatic carbocycles. The predicted molar refractivity (Wildman–Crippen MR) is 260 cm³/mol. The summed E-state index contributed by atoms with van der Waals surface area (Å²) in [5.74, 6) is 0.248. The number of allylic oxidation sites excluding steroid dienone is 4. The fourth-order valence-electron chi connectivity index (χ4n) is 9.34. The standard InChI is InChI=1S/C54H32S4/c1-4-10-47-39(7-1)42-26-31(13-18-50(42)55-47)32-14-19-53-45(27-32)46-30-35(17-22-54(46)58-53)38-24-36(33-15-20-51-43(28-33)40-8-2-5-11-48(40)56-51)23-37(25-38)34-16-21-52-44(29-34)41-9-3-6-12-49(41)57-52/h1-24,26-30,37H,25H2. The number of benzene rings is 8. The fraction of sp³-hybridized carbons (Fsp3) is 0.0370. The first-order valence-corrected chi connectivity index (χ1v) is 23.1. The molecule has 0 nitrogen and oxygen atoms in total. The van der Waals surface area contributed by atoms with Crippen LogP contribution in [0.1, 0.15) is 29.0 Å². The molecule has 0 bridgehead atoms. The van der Waals surface area contributed by atoms with Crippen LogP contribution in [-0.4, -0.2) is 0 Å². The molecule has 4 heterocycles. The normalized spacial score (nSPS) is 14.9. The van der Waals surface area contributed by atoms with E-state index in [1.165, 1.54) is 120 Å². The molecule has 0 amide bonds. The highest BCUT2D eigenvalue weighted by molar-refractivity contribution is 7.27. The summed E-state index contributed by atoms with van der Waals surface area (Å²) in [6.07, 6.45) is 5.97. The Morgan fingerprint density at radius 1 is 0.328 bits per heavy atom. The first-order chi connectivity index (χ1) is 28.7. The van der Waals surface area contributed by atoms with Gasteiger partial charge in [-0.25, -0.2) is 0 Å². The second-order valence-corrected chi connectivity index (χ2v) is 19.9. The lowest BCUT2D eigenvalue weighted by atomic mass is 9.81. The third-order valence-corrected chi connectivity index (χ3v) is 16.8. The summed E-state index contributed by atoms with van der Waals surface area (Å²) in [5.41, 5.74) is 9.19. The van der Waals surface area contributed by atoms with Gasteiger partial charge in [-0.2, -0.15) is 0 Å². The van der Waals surface area contributed by atoms with Crippen molar-refractivity contribution < 1.29 is 0 Å². The minimum absolute atomic E-state index is 0.248. The maximum Gasteiger partial charge on any atom is 0.0355 e. The minimum atomic E-state index is 0.248. The Kier molecular flexibility index (Phi) is 7.32. The molecule has 12 aromatic rings. The summed E-state index contributed by atoms with van der Waals surface area (Å²) in [6.45, 7) is 0. The highest BCUT2D eigenvalue weighted by Crippen LogP contribution is 2.45. The highest BCUT2D eigenvalue weighted by Gasteiger charge is 2.22. The van der Waals surface area contributed by atoms with Crippen LogP contribution in [0.25, 0.3) is 103 Å². The van der Waals surface area contributed by atoms with E-state index in [9.17, 15) is 0 Å². The van der Waals surface area contributed by atoms with Crippen molar-refractivity contribution in [2.45, 2.75) is 12.3 Å². The smallest absolute Gasteiger partial charge is 0.0355 e. The highest BCUT2D eigenvalue weighted by atomic mass is 32.1. The van der Waals surface area contributed by atoms with E-state index in [4.69, 9.17) is 0 Å². The predicted octanol–water partition coefficient (Wildman–Crippen LogP) is 17.5. The van der Waals surface area contributed by atoms with Crippen LogP contribution in [0.4, 0.5) is 0 Å². The SMILES string of the molecule is C1=C(c2ccc3sc4ccccc4c3c2)C=C(c2ccc3sc4ccc(-c5ccc6sc7ccccc7c6c5)cc4c3c2)CC1c1ccc2sc3ccccc3c2c1. The van der Waals surface area contributed by atoms with Crippen molar-refractivity contribution in [3.63, 3.8) is 0 Å². The van der Waals surface area contributed by atoms with E-state index in [1.54, 1.807) is 0 Å². The van der Waals surface area contributed by atoms with Crippen molar-refractivity contribution in [2.24, 2.45) is 0 Å². The zero-order valence-corrected chi connectivity index (χ0v) is 34.4. The molecule has 272 valence electrons. The molecule has 0 fully saturated rings. The summed E-state index contributed by atoms with van der Waals surface area (Å²) in [5, 5.41) is 10.8. The molecule has 1 atom stereocenters. The van der Waals surface area contributed by atoms with Gasteiger partial charge in [0.05, 0.1) is 0 Å². The number of rotatable bonds is 4. The molecule has 13 rings (SSSR count). The quantitative estimate of drug-likeness (QED) is 0.166. The first-order valence-electron chi connectivity index (χ1n) is 19.8. The molecule has 0 aliphatic heterocycles. The lowest BCUT2D eigenvalue weighted by molar-refractivity contribution is 0.873. The van der Waals surface area contributed by atoms with Gasteiger partial charge in [0.15, 0.2) is 0 Å². The van der Waals surface area contributed by atoms with Crippen LogP contribution in [-0.2, 0) is 0 Å². The van der Waals surface area contributed by atoms with Gasteiger partial charge in [0.2, 0.25) is 0 Å². The molecule has 0 N–H and O–H groups in total. The zero-order valence-electron chi connectivity index (χ0n) is 31.2. The second kappa shape index (κ2) is 12.8. The minimum Gasteiger partial charge on any atom is -0.135 e. The van der Waals surface area contributed by atoms with Gasteiger partial charge in [-0.05, 0) is 124 Å². The molecule has 0 radical (unpaired) electrons. The molecule has 1 aliphatic rings. The molecule has 0 spiro atoms. The van der Waals surface area contributed by atoms with E-state index >= 15 is 0 Å². The van der Waals surface area contributed by atoms with Crippen molar-refractivity contribution in [2.75, 3.05) is 0 Å².